The van der Waals surface area contributed by atoms with Crippen molar-refractivity contribution >= 4 is 11.4 Å². The molecule has 0 aromatic heterocycles. The summed E-state index contributed by atoms with van der Waals surface area (Å²) in [5.41, 5.74) is 15.4. The lowest BCUT2D eigenvalue weighted by Crippen LogP contribution is -2.25. The molecule has 0 N–H and O–H groups in total. The summed E-state index contributed by atoms with van der Waals surface area (Å²) in [6, 6.07) is 53.4. The molecule has 6 aromatic rings. The van der Waals surface area contributed by atoms with Crippen molar-refractivity contribution in [2.45, 2.75) is 5.41 Å². The van der Waals surface area contributed by atoms with Gasteiger partial charge in [0.2, 0.25) is 0 Å². The van der Waals surface area contributed by atoms with E-state index < -0.39 is 0 Å². The Morgan fingerprint density at radius 2 is 0.821 bits per heavy atom. The molecule has 1 spiro atoms. The highest BCUT2D eigenvalue weighted by molar-refractivity contribution is 5.95. The third kappa shape index (κ3) is 3.02. The van der Waals surface area contributed by atoms with Crippen molar-refractivity contribution in [3.63, 3.8) is 0 Å². The van der Waals surface area contributed by atoms with Gasteiger partial charge >= 0.3 is 0 Å². The summed E-state index contributed by atoms with van der Waals surface area (Å²) in [6.07, 6.45) is 0. The number of rotatable bonds is 3. The second-order valence-electron chi connectivity index (χ2n) is 10.6. The van der Waals surface area contributed by atoms with Gasteiger partial charge in [-0.1, -0.05) is 121 Å². The number of hydrogen-bond acceptors (Lipinski definition) is 1. The summed E-state index contributed by atoms with van der Waals surface area (Å²) in [5.74, 6) is 0. The van der Waals surface area contributed by atoms with Crippen LogP contribution in [-0.2, 0) is 5.41 Å². The van der Waals surface area contributed by atoms with E-state index in [2.05, 4.69) is 158 Å². The van der Waals surface area contributed by atoms with Crippen molar-refractivity contribution in [1.29, 1.82) is 0 Å². The molecule has 0 aliphatic heterocycles. The molecule has 184 valence electrons. The van der Waals surface area contributed by atoms with E-state index in [4.69, 9.17) is 0 Å². The number of hydrogen-bond donors (Lipinski definition) is 0. The Morgan fingerprint density at radius 1 is 0.385 bits per heavy atom. The molecule has 8 rings (SSSR count). The van der Waals surface area contributed by atoms with Crippen LogP contribution in [0.25, 0.3) is 33.4 Å². The smallest absolute Gasteiger partial charge is 0.0725 e. The molecule has 39 heavy (non-hydrogen) atoms. The number of fused-ring (bicyclic) bond motifs is 10. The molecule has 0 heterocycles. The maximum Gasteiger partial charge on any atom is 0.0725 e. The summed E-state index contributed by atoms with van der Waals surface area (Å²) in [5, 5.41) is 0. The van der Waals surface area contributed by atoms with E-state index in [-0.39, 0.29) is 5.41 Å². The second kappa shape index (κ2) is 8.31. The minimum absolute atomic E-state index is 0.284. The SMILES string of the molecule is CN(c1ccc(-c2ccccc2)cc1)c1ccc2c(c1)-c1ccccc1C21c2ccccc2-c2ccccc21. The van der Waals surface area contributed by atoms with E-state index in [0.717, 1.165) is 0 Å². The molecule has 0 saturated carbocycles. The molecule has 0 fully saturated rings. The summed E-state index contributed by atoms with van der Waals surface area (Å²) in [4.78, 5) is 2.29. The van der Waals surface area contributed by atoms with Crippen LogP contribution in [0.5, 0.6) is 0 Å². The predicted molar refractivity (Wildman–Crippen MR) is 163 cm³/mol. The average molecular weight is 498 g/mol. The predicted octanol–water partition coefficient (Wildman–Crippen LogP) is 9.46. The summed E-state index contributed by atoms with van der Waals surface area (Å²) < 4.78 is 0. The van der Waals surface area contributed by atoms with Crippen LogP contribution >= 0.6 is 0 Å². The molecular weight excluding hydrogens is 470 g/mol. The Morgan fingerprint density at radius 3 is 1.41 bits per heavy atom. The van der Waals surface area contributed by atoms with Crippen molar-refractivity contribution in [2.24, 2.45) is 0 Å². The van der Waals surface area contributed by atoms with Crippen LogP contribution in [0, 0.1) is 0 Å². The van der Waals surface area contributed by atoms with Crippen LogP contribution in [0.1, 0.15) is 22.3 Å². The van der Waals surface area contributed by atoms with Gasteiger partial charge < -0.3 is 4.90 Å². The third-order valence-electron chi connectivity index (χ3n) is 8.73. The van der Waals surface area contributed by atoms with E-state index in [0.29, 0.717) is 0 Å². The molecule has 1 heteroatoms. The lowest BCUT2D eigenvalue weighted by Gasteiger charge is -2.30. The van der Waals surface area contributed by atoms with Crippen molar-refractivity contribution < 1.29 is 0 Å². The van der Waals surface area contributed by atoms with Gasteiger partial charge in [-0.05, 0) is 79.9 Å². The van der Waals surface area contributed by atoms with E-state index in [9.17, 15) is 0 Å². The Hall–Kier alpha value is -4.88. The first-order valence-corrected chi connectivity index (χ1v) is 13.6. The van der Waals surface area contributed by atoms with Gasteiger partial charge in [0.15, 0.2) is 0 Å². The largest absolute Gasteiger partial charge is 0.345 e. The van der Waals surface area contributed by atoms with Gasteiger partial charge in [-0.2, -0.15) is 0 Å². The molecule has 0 atom stereocenters. The van der Waals surface area contributed by atoms with Gasteiger partial charge in [0, 0.05) is 18.4 Å². The zero-order valence-electron chi connectivity index (χ0n) is 21.8. The Bertz CT molecular complexity index is 1820. The van der Waals surface area contributed by atoms with Crippen LogP contribution in [0.2, 0.25) is 0 Å². The van der Waals surface area contributed by atoms with Crippen LogP contribution in [0.3, 0.4) is 0 Å². The van der Waals surface area contributed by atoms with Gasteiger partial charge in [0.25, 0.3) is 0 Å². The zero-order valence-corrected chi connectivity index (χ0v) is 21.8. The molecule has 0 saturated heterocycles. The molecule has 1 nitrogen and oxygen atoms in total. The fourth-order valence-electron chi connectivity index (χ4n) is 6.95. The van der Waals surface area contributed by atoms with Crippen LogP contribution < -0.4 is 4.90 Å². The molecule has 0 radical (unpaired) electrons. The Balaban J connectivity index is 1.28. The van der Waals surface area contributed by atoms with E-state index in [1.54, 1.807) is 0 Å². The van der Waals surface area contributed by atoms with Crippen LogP contribution in [-0.4, -0.2) is 7.05 Å². The molecule has 2 aliphatic rings. The molecule has 0 amide bonds. The van der Waals surface area contributed by atoms with E-state index >= 15 is 0 Å². The first-order valence-electron chi connectivity index (χ1n) is 13.6. The summed E-state index contributed by atoms with van der Waals surface area (Å²) >= 11 is 0. The van der Waals surface area contributed by atoms with Crippen molar-refractivity contribution in [2.75, 3.05) is 11.9 Å². The average Bonchev–Trinajstić information content (AvgIpc) is 3.48. The van der Waals surface area contributed by atoms with Gasteiger partial charge in [0.1, 0.15) is 0 Å². The van der Waals surface area contributed by atoms with Crippen LogP contribution in [0.15, 0.2) is 146 Å². The van der Waals surface area contributed by atoms with Crippen molar-refractivity contribution in [3.05, 3.63) is 168 Å². The summed E-state index contributed by atoms with van der Waals surface area (Å²) in [6.45, 7) is 0. The fraction of sp³-hybridized carbons (Fsp3) is 0.0526. The van der Waals surface area contributed by atoms with E-state index in [1.165, 1.54) is 67.0 Å². The lowest BCUT2D eigenvalue weighted by molar-refractivity contribution is 0.793. The number of benzene rings is 6. The topological polar surface area (TPSA) is 3.24 Å². The second-order valence-corrected chi connectivity index (χ2v) is 10.6. The third-order valence-corrected chi connectivity index (χ3v) is 8.73. The minimum atomic E-state index is -0.284. The monoisotopic (exact) mass is 497 g/mol. The molecular formula is C38H27N. The highest BCUT2D eigenvalue weighted by atomic mass is 15.1. The van der Waals surface area contributed by atoms with Crippen molar-refractivity contribution in [3.8, 4) is 33.4 Å². The molecule has 0 unspecified atom stereocenters. The molecule has 2 aliphatic carbocycles. The maximum atomic E-state index is 2.39. The maximum absolute atomic E-state index is 2.39. The Kier molecular flexibility index (Phi) is 4.72. The number of nitrogens with zero attached hydrogens (tertiary/aromatic N) is 1. The lowest BCUT2D eigenvalue weighted by atomic mass is 9.70. The minimum Gasteiger partial charge on any atom is -0.345 e. The van der Waals surface area contributed by atoms with Crippen molar-refractivity contribution in [1.82, 2.24) is 0 Å². The standard InChI is InChI=1S/C38H27N/c1-39(28-21-19-27(20-22-28)26-11-3-2-4-12-26)29-23-24-37-33(25-29)32-15-7-10-18-36(32)38(37)34-16-8-5-13-30(34)31-14-6-9-17-35(31)38/h2-25H,1H3. The van der Waals surface area contributed by atoms with Gasteiger partial charge in [-0.15, -0.1) is 0 Å². The van der Waals surface area contributed by atoms with Gasteiger partial charge in [-0.25, -0.2) is 0 Å². The first-order chi connectivity index (χ1) is 19.3. The van der Waals surface area contributed by atoms with Gasteiger partial charge in [0.05, 0.1) is 5.41 Å². The number of anilines is 2. The van der Waals surface area contributed by atoms with Crippen LogP contribution in [0.4, 0.5) is 11.4 Å². The van der Waals surface area contributed by atoms with Gasteiger partial charge in [-0.3, -0.25) is 0 Å². The zero-order chi connectivity index (χ0) is 26.0. The van der Waals surface area contributed by atoms with E-state index in [1.807, 2.05) is 0 Å². The summed E-state index contributed by atoms with van der Waals surface area (Å²) in [7, 11) is 2.16. The first kappa shape index (κ1) is 22.1. The molecule has 0 bridgehead atoms. The fourth-order valence-corrected chi connectivity index (χ4v) is 6.95. The molecule has 6 aromatic carbocycles. The normalized spacial score (nSPS) is 13.5. The highest BCUT2D eigenvalue weighted by Crippen LogP contribution is 2.62. The highest BCUT2D eigenvalue weighted by Gasteiger charge is 2.51. The quantitative estimate of drug-likeness (QED) is 0.235. The Labute approximate surface area is 229 Å².